The molecule has 1 unspecified atom stereocenters. The SMILES string of the molecule is CC#CCC(NC(=O)c1cc(NC(=O)OCC2c3ccccc3-c3ccccc32)on1)C(=O)O. The molecule has 4 rings (SSSR count). The summed E-state index contributed by atoms with van der Waals surface area (Å²) in [6, 6.07) is 15.9. The van der Waals surface area contributed by atoms with Crippen molar-refractivity contribution >= 4 is 23.9 Å². The number of nitrogens with one attached hydrogen (secondary N) is 2. The molecule has 1 aromatic heterocycles. The molecule has 1 atom stereocenters. The average molecular weight is 459 g/mol. The summed E-state index contributed by atoms with van der Waals surface area (Å²) in [4.78, 5) is 35.9. The highest BCUT2D eigenvalue weighted by Gasteiger charge is 2.29. The van der Waals surface area contributed by atoms with Gasteiger partial charge in [0.05, 0.1) is 0 Å². The van der Waals surface area contributed by atoms with Gasteiger partial charge in [0.1, 0.15) is 12.6 Å². The van der Waals surface area contributed by atoms with Gasteiger partial charge in [-0.2, -0.15) is 0 Å². The maximum atomic E-state index is 12.3. The van der Waals surface area contributed by atoms with Crippen LogP contribution in [0.4, 0.5) is 10.7 Å². The van der Waals surface area contributed by atoms with E-state index in [4.69, 9.17) is 9.26 Å². The number of fused-ring (bicyclic) bond motifs is 3. The van der Waals surface area contributed by atoms with E-state index in [9.17, 15) is 19.5 Å². The molecule has 9 nitrogen and oxygen atoms in total. The maximum absolute atomic E-state index is 12.3. The van der Waals surface area contributed by atoms with Crippen molar-refractivity contribution in [3.05, 3.63) is 71.4 Å². The Morgan fingerprint density at radius 2 is 1.76 bits per heavy atom. The smallest absolute Gasteiger partial charge is 0.414 e. The van der Waals surface area contributed by atoms with Gasteiger partial charge in [0, 0.05) is 18.4 Å². The van der Waals surface area contributed by atoms with Gasteiger partial charge in [0.15, 0.2) is 5.69 Å². The lowest BCUT2D eigenvalue weighted by Gasteiger charge is -2.13. The van der Waals surface area contributed by atoms with Crippen molar-refractivity contribution in [2.45, 2.75) is 25.3 Å². The highest BCUT2D eigenvalue weighted by molar-refractivity contribution is 5.96. The molecule has 34 heavy (non-hydrogen) atoms. The van der Waals surface area contributed by atoms with E-state index in [0.717, 1.165) is 22.3 Å². The maximum Gasteiger partial charge on any atom is 0.414 e. The van der Waals surface area contributed by atoms with Crippen LogP contribution >= 0.6 is 0 Å². The number of carbonyl (C=O) groups is 3. The van der Waals surface area contributed by atoms with Gasteiger partial charge in [-0.25, -0.2) is 9.59 Å². The molecular weight excluding hydrogens is 438 g/mol. The lowest BCUT2D eigenvalue weighted by Crippen LogP contribution is -2.40. The van der Waals surface area contributed by atoms with Crippen LogP contribution in [0.1, 0.15) is 40.9 Å². The van der Waals surface area contributed by atoms with E-state index >= 15 is 0 Å². The van der Waals surface area contributed by atoms with Crippen molar-refractivity contribution in [1.82, 2.24) is 10.5 Å². The molecular formula is C25H21N3O6. The summed E-state index contributed by atoms with van der Waals surface area (Å²) in [5.41, 5.74) is 4.20. The number of rotatable bonds is 7. The van der Waals surface area contributed by atoms with E-state index in [1.54, 1.807) is 6.92 Å². The van der Waals surface area contributed by atoms with Crippen LogP contribution < -0.4 is 10.6 Å². The zero-order valence-corrected chi connectivity index (χ0v) is 18.2. The second kappa shape index (κ2) is 9.92. The molecule has 9 heteroatoms. The molecule has 1 aliphatic rings. The van der Waals surface area contributed by atoms with Gasteiger partial charge in [0.2, 0.25) is 5.88 Å². The molecule has 172 valence electrons. The largest absolute Gasteiger partial charge is 0.480 e. The number of carboxylic acids is 1. The van der Waals surface area contributed by atoms with E-state index in [2.05, 4.69) is 27.6 Å². The Labute approximate surface area is 195 Å². The quantitative estimate of drug-likeness (QED) is 0.460. The molecule has 1 aliphatic carbocycles. The Kier molecular flexibility index (Phi) is 6.59. The molecule has 0 spiro atoms. The summed E-state index contributed by atoms with van der Waals surface area (Å²) in [5.74, 6) is 2.97. The minimum Gasteiger partial charge on any atom is -0.480 e. The van der Waals surface area contributed by atoms with Gasteiger partial charge < -0.3 is 19.7 Å². The Balaban J connectivity index is 1.36. The number of ether oxygens (including phenoxy) is 1. The van der Waals surface area contributed by atoms with Crippen molar-refractivity contribution in [3.63, 3.8) is 0 Å². The first-order valence-electron chi connectivity index (χ1n) is 10.5. The number of hydrogen-bond donors (Lipinski definition) is 3. The fraction of sp³-hybridized carbons (Fsp3) is 0.200. The van der Waals surface area contributed by atoms with E-state index in [1.165, 1.54) is 6.07 Å². The minimum absolute atomic E-state index is 0.0553. The Morgan fingerprint density at radius 3 is 2.38 bits per heavy atom. The van der Waals surface area contributed by atoms with Gasteiger partial charge in [-0.3, -0.25) is 10.1 Å². The topological polar surface area (TPSA) is 131 Å². The van der Waals surface area contributed by atoms with Crippen LogP contribution in [0.5, 0.6) is 0 Å². The van der Waals surface area contributed by atoms with E-state index < -0.39 is 24.0 Å². The number of aliphatic carboxylic acids is 1. The van der Waals surface area contributed by atoms with Gasteiger partial charge in [-0.05, 0) is 29.2 Å². The summed E-state index contributed by atoms with van der Waals surface area (Å²) in [5, 5.41) is 17.5. The average Bonchev–Trinajstić information content (AvgIpc) is 3.43. The summed E-state index contributed by atoms with van der Waals surface area (Å²) in [7, 11) is 0. The standard InChI is InChI=1S/C25H21N3O6/c1-2-3-12-20(24(30)31)26-23(29)21-13-22(34-28-21)27-25(32)33-14-19-17-10-6-4-8-15(17)16-9-5-7-11-18(16)19/h4-11,13,19-20H,12,14H2,1H3,(H,26,29)(H,27,32)(H,30,31). The summed E-state index contributed by atoms with van der Waals surface area (Å²) in [6.45, 7) is 1.68. The molecule has 1 heterocycles. The lowest BCUT2D eigenvalue weighted by atomic mass is 9.98. The molecule has 0 saturated heterocycles. The minimum atomic E-state index is -1.23. The third-order valence-electron chi connectivity index (χ3n) is 5.40. The zero-order valence-electron chi connectivity index (χ0n) is 18.2. The van der Waals surface area contributed by atoms with Crippen molar-refractivity contribution in [2.75, 3.05) is 11.9 Å². The number of amides is 2. The number of anilines is 1. The molecule has 2 aromatic carbocycles. The van der Waals surface area contributed by atoms with Crippen LogP contribution in [-0.2, 0) is 9.53 Å². The number of hydrogen-bond acceptors (Lipinski definition) is 6. The Bertz CT molecular complexity index is 1260. The van der Waals surface area contributed by atoms with Gasteiger partial charge in [-0.15, -0.1) is 11.8 Å². The molecule has 3 N–H and O–H groups in total. The predicted octanol–water partition coefficient (Wildman–Crippen LogP) is 3.63. The summed E-state index contributed by atoms with van der Waals surface area (Å²) in [6.07, 6.45) is -0.827. The lowest BCUT2D eigenvalue weighted by molar-refractivity contribution is -0.139. The first-order valence-corrected chi connectivity index (χ1v) is 10.5. The highest BCUT2D eigenvalue weighted by atomic mass is 16.6. The number of aromatic nitrogens is 1. The van der Waals surface area contributed by atoms with Gasteiger partial charge in [0.25, 0.3) is 5.91 Å². The molecule has 0 radical (unpaired) electrons. The molecule has 0 saturated carbocycles. The van der Waals surface area contributed by atoms with Gasteiger partial charge in [-0.1, -0.05) is 53.7 Å². The van der Waals surface area contributed by atoms with Crippen LogP contribution in [-0.4, -0.2) is 40.9 Å². The fourth-order valence-electron chi connectivity index (χ4n) is 3.81. The Morgan fingerprint density at radius 1 is 1.12 bits per heavy atom. The van der Waals surface area contributed by atoms with E-state index in [-0.39, 0.29) is 30.5 Å². The number of carboxylic acid groups (broad SMARTS) is 1. The van der Waals surface area contributed by atoms with Gasteiger partial charge >= 0.3 is 12.1 Å². The molecule has 2 amide bonds. The van der Waals surface area contributed by atoms with Crippen LogP contribution in [0.25, 0.3) is 11.1 Å². The monoisotopic (exact) mass is 459 g/mol. The molecule has 3 aromatic rings. The van der Waals surface area contributed by atoms with Crippen LogP contribution in [0.15, 0.2) is 59.1 Å². The van der Waals surface area contributed by atoms with Crippen molar-refractivity contribution in [2.24, 2.45) is 0 Å². The van der Waals surface area contributed by atoms with Crippen LogP contribution in [0, 0.1) is 11.8 Å². The molecule has 0 aliphatic heterocycles. The first-order chi connectivity index (χ1) is 16.5. The first kappa shape index (κ1) is 22.6. The number of benzene rings is 2. The van der Waals surface area contributed by atoms with Crippen molar-refractivity contribution < 1.29 is 28.8 Å². The normalized spacial score (nSPS) is 12.5. The third-order valence-corrected chi connectivity index (χ3v) is 5.40. The number of nitrogens with zero attached hydrogens (tertiary/aromatic N) is 1. The molecule has 0 bridgehead atoms. The fourth-order valence-corrected chi connectivity index (χ4v) is 3.81. The second-order valence-corrected chi connectivity index (χ2v) is 7.52. The zero-order chi connectivity index (χ0) is 24.1. The molecule has 0 fully saturated rings. The predicted molar refractivity (Wildman–Crippen MR) is 122 cm³/mol. The van der Waals surface area contributed by atoms with E-state index in [1.807, 2.05) is 48.5 Å². The number of carbonyl (C=O) groups excluding carboxylic acids is 2. The second-order valence-electron chi connectivity index (χ2n) is 7.52. The van der Waals surface area contributed by atoms with Crippen molar-refractivity contribution in [3.8, 4) is 23.0 Å². The Hall–Kier alpha value is -4.58. The highest BCUT2D eigenvalue weighted by Crippen LogP contribution is 2.44. The van der Waals surface area contributed by atoms with Crippen LogP contribution in [0.2, 0.25) is 0 Å². The third kappa shape index (κ3) is 4.76. The summed E-state index contributed by atoms with van der Waals surface area (Å²) < 4.78 is 10.4. The van der Waals surface area contributed by atoms with E-state index in [0.29, 0.717) is 0 Å². The van der Waals surface area contributed by atoms with Crippen molar-refractivity contribution in [1.29, 1.82) is 0 Å². The summed E-state index contributed by atoms with van der Waals surface area (Å²) >= 11 is 0. The van der Waals surface area contributed by atoms with Crippen LogP contribution in [0.3, 0.4) is 0 Å².